The van der Waals surface area contributed by atoms with Crippen LogP contribution in [-0.4, -0.2) is 32.3 Å². The largest absolute Gasteiger partial charge is 0.466 e. The van der Waals surface area contributed by atoms with Gasteiger partial charge < -0.3 is 19.8 Å². The van der Waals surface area contributed by atoms with Crippen molar-refractivity contribution < 1.29 is 9.15 Å². The summed E-state index contributed by atoms with van der Waals surface area (Å²) in [6.07, 6.45) is 7.99. The van der Waals surface area contributed by atoms with Crippen LogP contribution in [0.1, 0.15) is 55.6 Å². The van der Waals surface area contributed by atoms with E-state index in [0.717, 1.165) is 43.6 Å². The first-order chi connectivity index (χ1) is 11.2. The molecule has 138 valence electrons. The molecule has 1 aromatic rings. The van der Waals surface area contributed by atoms with Crippen LogP contribution >= 0.6 is 24.0 Å². The number of guanidine groups is 1. The van der Waals surface area contributed by atoms with Gasteiger partial charge in [-0.3, -0.25) is 4.99 Å². The molecule has 1 fully saturated rings. The molecule has 1 saturated carbocycles. The van der Waals surface area contributed by atoms with Crippen molar-refractivity contribution in [2.75, 3.05) is 20.2 Å². The maximum absolute atomic E-state index is 5.93. The van der Waals surface area contributed by atoms with Gasteiger partial charge in [-0.15, -0.1) is 24.0 Å². The van der Waals surface area contributed by atoms with E-state index >= 15 is 0 Å². The summed E-state index contributed by atoms with van der Waals surface area (Å²) in [5.41, 5.74) is 1.17. The van der Waals surface area contributed by atoms with Crippen LogP contribution in [0.3, 0.4) is 0 Å². The van der Waals surface area contributed by atoms with Gasteiger partial charge in [0.05, 0.1) is 6.10 Å². The van der Waals surface area contributed by atoms with Crippen molar-refractivity contribution in [3.63, 3.8) is 0 Å². The molecule has 0 amide bonds. The molecular weight excluding hydrogens is 417 g/mol. The van der Waals surface area contributed by atoms with E-state index in [4.69, 9.17) is 9.15 Å². The molecule has 2 N–H and O–H groups in total. The van der Waals surface area contributed by atoms with Crippen molar-refractivity contribution in [2.45, 2.75) is 65.0 Å². The Morgan fingerprint density at radius 3 is 2.62 bits per heavy atom. The number of hydrogen-bond donors (Lipinski definition) is 2. The van der Waals surface area contributed by atoms with E-state index in [-0.39, 0.29) is 24.0 Å². The van der Waals surface area contributed by atoms with Crippen LogP contribution < -0.4 is 10.6 Å². The fourth-order valence-electron chi connectivity index (χ4n) is 3.02. The lowest BCUT2D eigenvalue weighted by Crippen LogP contribution is -2.37. The standard InChI is InChI=1S/C18H31N3O2.HI/c1-14-12-16(15(2)23-14)13-21-18(19-3)20-10-7-11-22-17-8-5-4-6-9-17;/h12,17H,4-11,13H2,1-3H3,(H2,19,20,21);1H. The summed E-state index contributed by atoms with van der Waals surface area (Å²) >= 11 is 0. The number of aryl methyl sites for hydroxylation is 2. The van der Waals surface area contributed by atoms with Crippen molar-refractivity contribution in [2.24, 2.45) is 4.99 Å². The molecule has 0 saturated heterocycles. The first-order valence-corrected chi connectivity index (χ1v) is 8.81. The van der Waals surface area contributed by atoms with Crippen LogP contribution in [0, 0.1) is 13.8 Å². The zero-order chi connectivity index (χ0) is 16.5. The Morgan fingerprint density at radius 1 is 1.25 bits per heavy atom. The minimum absolute atomic E-state index is 0. The molecule has 2 rings (SSSR count). The molecule has 0 aliphatic heterocycles. The Kier molecular flexibility index (Phi) is 10.4. The number of furan rings is 1. The van der Waals surface area contributed by atoms with Gasteiger partial charge in [0.15, 0.2) is 5.96 Å². The molecule has 0 unspecified atom stereocenters. The van der Waals surface area contributed by atoms with Crippen LogP contribution in [0.15, 0.2) is 15.5 Å². The van der Waals surface area contributed by atoms with Gasteiger partial charge in [0.2, 0.25) is 0 Å². The van der Waals surface area contributed by atoms with Gasteiger partial charge in [0.25, 0.3) is 0 Å². The molecule has 0 spiro atoms. The fraction of sp³-hybridized carbons (Fsp3) is 0.722. The molecular formula is C18H32IN3O2. The van der Waals surface area contributed by atoms with Gasteiger partial charge in [-0.2, -0.15) is 0 Å². The lowest BCUT2D eigenvalue weighted by molar-refractivity contribution is 0.0277. The minimum Gasteiger partial charge on any atom is -0.466 e. The maximum Gasteiger partial charge on any atom is 0.191 e. The second kappa shape index (κ2) is 11.7. The predicted molar refractivity (Wildman–Crippen MR) is 109 cm³/mol. The van der Waals surface area contributed by atoms with E-state index < -0.39 is 0 Å². The molecule has 1 heterocycles. The highest BCUT2D eigenvalue weighted by Crippen LogP contribution is 2.20. The average Bonchev–Trinajstić information content (AvgIpc) is 2.88. The highest BCUT2D eigenvalue weighted by Gasteiger charge is 2.13. The molecule has 1 aromatic heterocycles. The number of hydrogen-bond acceptors (Lipinski definition) is 3. The SMILES string of the molecule is CN=C(NCCCOC1CCCCC1)NCc1cc(C)oc1C.I. The first kappa shape index (κ1) is 21.3. The van der Waals surface area contributed by atoms with E-state index in [9.17, 15) is 0 Å². The lowest BCUT2D eigenvalue weighted by Gasteiger charge is -2.22. The molecule has 0 bridgehead atoms. The van der Waals surface area contributed by atoms with Crippen LogP contribution in [0.25, 0.3) is 0 Å². The highest BCUT2D eigenvalue weighted by molar-refractivity contribution is 14.0. The van der Waals surface area contributed by atoms with E-state index in [1.165, 1.54) is 37.7 Å². The summed E-state index contributed by atoms with van der Waals surface area (Å²) in [5.74, 6) is 2.73. The molecule has 1 aliphatic carbocycles. The average molecular weight is 449 g/mol. The van der Waals surface area contributed by atoms with E-state index in [1.807, 2.05) is 13.8 Å². The van der Waals surface area contributed by atoms with Crippen LogP contribution in [0.5, 0.6) is 0 Å². The lowest BCUT2D eigenvalue weighted by atomic mass is 9.98. The summed E-state index contributed by atoms with van der Waals surface area (Å²) in [6.45, 7) is 6.38. The molecule has 6 heteroatoms. The predicted octanol–water partition coefficient (Wildman–Crippen LogP) is 3.92. The van der Waals surface area contributed by atoms with E-state index in [1.54, 1.807) is 7.05 Å². The third kappa shape index (κ3) is 7.42. The monoisotopic (exact) mass is 449 g/mol. The summed E-state index contributed by atoms with van der Waals surface area (Å²) in [4.78, 5) is 4.25. The van der Waals surface area contributed by atoms with Crippen molar-refractivity contribution in [1.29, 1.82) is 0 Å². The van der Waals surface area contributed by atoms with Crippen LogP contribution in [0.2, 0.25) is 0 Å². The van der Waals surface area contributed by atoms with Crippen molar-refractivity contribution >= 4 is 29.9 Å². The number of ether oxygens (including phenoxy) is 1. The fourth-order valence-corrected chi connectivity index (χ4v) is 3.02. The molecule has 24 heavy (non-hydrogen) atoms. The van der Waals surface area contributed by atoms with Gasteiger partial charge in [0, 0.05) is 32.3 Å². The van der Waals surface area contributed by atoms with Crippen LogP contribution in [-0.2, 0) is 11.3 Å². The normalized spacial score (nSPS) is 15.9. The number of aliphatic imine (C=N–C) groups is 1. The van der Waals surface area contributed by atoms with Crippen LogP contribution in [0.4, 0.5) is 0 Å². The maximum atomic E-state index is 5.93. The number of nitrogens with zero attached hydrogens (tertiary/aromatic N) is 1. The molecule has 0 radical (unpaired) electrons. The topological polar surface area (TPSA) is 58.8 Å². The quantitative estimate of drug-likeness (QED) is 0.287. The Balaban J connectivity index is 0.00000288. The van der Waals surface area contributed by atoms with Crippen molar-refractivity contribution in [3.8, 4) is 0 Å². The minimum atomic E-state index is 0. The second-order valence-corrected chi connectivity index (χ2v) is 6.28. The summed E-state index contributed by atoms with van der Waals surface area (Å²) in [6, 6.07) is 2.06. The highest BCUT2D eigenvalue weighted by atomic mass is 127. The Hall–Kier alpha value is -0.760. The summed E-state index contributed by atoms with van der Waals surface area (Å²) in [5, 5.41) is 6.65. The first-order valence-electron chi connectivity index (χ1n) is 8.81. The zero-order valence-electron chi connectivity index (χ0n) is 15.2. The molecule has 5 nitrogen and oxygen atoms in total. The number of halogens is 1. The van der Waals surface area contributed by atoms with Crippen molar-refractivity contribution in [1.82, 2.24) is 10.6 Å². The summed E-state index contributed by atoms with van der Waals surface area (Å²) in [7, 11) is 1.79. The number of nitrogens with one attached hydrogen (secondary N) is 2. The van der Waals surface area contributed by atoms with Gasteiger partial charge >= 0.3 is 0 Å². The van der Waals surface area contributed by atoms with Crippen molar-refractivity contribution in [3.05, 3.63) is 23.2 Å². The van der Waals surface area contributed by atoms with Gasteiger partial charge in [-0.25, -0.2) is 0 Å². The van der Waals surface area contributed by atoms with E-state index in [0.29, 0.717) is 6.10 Å². The smallest absolute Gasteiger partial charge is 0.191 e. The third-order valence-corrected chi connectivity index (χ3v) is 4.33. The molecule has 1 aliphatic rings. The number of rotatable bonds is 7. The molecule has 0 atom stereocenters. The third-order valence-electron chi connectivity index (χ3n) is 4.33. The molecule has 0 aromatic carbocycles. The Morgan fingerprint density at radius 2 is 2.00 bits per heavy atom. The summed E-state index contributed by atoms with van der Waals surface area (Å²) < 4.78 is 11.5. The van der Waals surface area contributed by atoms with Gasteiger partial charge in [-0.1, -0.05) is 19.3 Å². The zero-order valence-corrected chi connectivity index (χ0v) is 17.5. The Labute approximate surface area is 163 Å². The van der Waals surface area contributed by atoms with Gasteiger partial charge in [0.1, 0.15) is 11.5 Å². The van der Waals surface area contributed by atoms with Gasteiger partial charge in [-0.05, 0) is 39.2 Å². The van der Waals surface area contributed by atoms with E-state index in [2.05, 4.69) is 21.7 Å². The second-order valence-electron chi connectivity index (χ2n) is 6.28. The Bertz CT molecular complexity index is 496.